The van der Waals surface area contributed by atoms with Gasteiger partial charge in [0.15, 0.2) is 0 Å². The van der Waals surface area contributed by atoms with Crippen molar-refractivity contribution in [2.75, 3.05) is 4.90 Å². The van der Waals surface area contributed by atoms with Gasteiger partial charge in [-0.2, -0.15) is 0 Å². The van der Waals surface area contributed by atoms with E-state index in [1.807, 2.05) is 0 Å². The number of rotatable bonds is 6. The molecule has 0 saturated carbocycles. The van der Waals surface area contributed by atoms with Gasteiger partial charge in [-0.15, -0.1) is 0 Å². The number of nitrogens with zero attached hydrogens (tertiary/aromatic N) is 1. The lowest BCUT2D eigenvalue weighted by atomic mass is 9.68. The van der Waals surface area contributed by atoms with Crippen LogP contribution in [0.1, 0.15) is 22.3 Å². The Morgan fingerprint density at radius 3 is 1.61 bits per heavy atom. The Labute approximate surface area is 327 Å². The Bertz CT molecular complexity index is 3030. The molecule has 10 aromatic rings. The third-order valence-corrected chi connectivity index (χ3v) is 11.9. The first kappa shape index (κ1) is 32.2. The van der Waals surface area contributed by atoms with Gasteiger partial charge in [-0.3, -0.25) is 0 Å². The fourth-order valence-corrected chi connectivity index (χ4v) is 9.55. The van der Waals surface area contributed by atoms with Crippen LogP contribution in [0.2, 0.25) is 0 Å². The Hall–Kier alpha value is -7.22. The van der Waals surface area contributed by atoms with Gasteiger partial charge in [0.25, 0.3) is 0 Å². The predicted octanol–water partition coefficient (Wildman–Crippen LogP) is 14.6. The highest BCUT2D eigenvalue weighted by atomic mass is 15.1. The molecular weight excluding hydrogens is 675 g/mol. The highest BCUT2D eigenvalue weighted by molar-refractivity contribution is 6.14. The normalized spacial score (nSPS) is 12.8. The lowest BCUT2D eigenvalue weighted by molar-refractivity contribution is 0.768. The zero-order chi connectivity index (χ0) is 37.1. The maximum absolute atomic E-state index is 2.49. The van der Waals surface area contributed by atoms with Gasteiger partial charge in [-0.05, 0) is 96.2 Å². The van der Waals surface area contributed by atoms with Crippen molar-refractivity contribution in [3.05, 3.63) is 247 Å². The van der Waals surface area contributed by atoms with Crippen LogP contribution in [0.4, 0.5) is 17.1 Å². The highest BCUT2D eigenvalue weighted by Gasteiger charge is 2.47. The average Bonchev–Trinajstić information content (AvgIpc) is 3.59. The molecule has 1 heteroatoms. The van der Waals surface area contributed by atoms with Gasteiger partial charge >= 0.3 is 0 Å². The van der Waals surface area contributed by atoms with E-state index in [0.717, 1.165) is 17.1 Å². The standard InChI is InChI=1S/C55H37N/c1-3-20-41(21-4-1)55(42-22-5-2-6-23-42)50-29-14-13-28-48(50)54-51(55)30-16-32-53(54)56(52-31-15-19-38-17-7-10-25-45(38)52)43-35-33-39(34-36-43)49-37-40-18-8-9-24-44(40)46-26-11-12-27-47(46)49/h1-37H. The Morgan fingerprint density at radius 2 is 0.857 bits per heavy atom. The van der Waals surface area contributed by atoms with Crippen molar-refractivity contribution in [1.29, 1.82) is 0 Å². The molecule has 0 heterocycles. The molecule has 0 amide bonds. The van der Waals surface area contributed by atoms with Crippen LogP contribution in [0.3, 0.4) is 0 Å². The summed E-state index contributed by atoms with van der Waals surface area (Å²) in [4.78, 5) is 2.49. The first-order chi connectivity index (χ1) is 27.8. The molecule has 0 spiro atoms. The van der Waals surface area contributed by atoms with Crippen molar-refractivity contribution in [2.24, 2.45) is 0 Å². The summed E-state index contributed by atoms with van der Waals surface area (Å²) in [5.74, 6) is 0. The molecule has 56 heavy (non-hydrogen) atoms. The lowest BCUT2D eigenvalue weighted by Crippen LogP contribution is -2.28. The summed E-state index contributed by atoms with van der Waals surface area (Å²) in [6.07, 6.45) is 0. The van der Waals surface area contributed by atoms with E-state index in [2.05, 4.69) is 229 Å². The van der Waals surface area contributed by atoms with Gasteiger partial charge in [-0.25, -0.2) is 0 Å². The van der Waals surface area contributed by atoms with E-state index in [0.29, 0.717) is 0 Å². The van der Waals surface area contributed by atoms with E-state index in [1.165, 1.54) is 76.8 Å². The molecule has 262 valence electrons. The summed E-state index contributed by atoms with van der Waals surface area (Å²) in [6.45, 7) is 0. The van der Waals surface area contributed by atoms with Gasteiger partial charge in [0.2, 0.25) is 0 Å². The van der Waals surface area contributed by atoms with Crippen molar-refractivity contribution in [3.8, 4) is 22.3 Å². The molecule has 1 aliphatic carbocycles. The zero-order valence-electron chi connectivity index (χ0n) is 30.8. The molecular formula is C55H37N. The second-order valence-corrected chi connectivity index (χ2v) is 14.8. The molecule has 0 aromatic heterocycles. The molecule has 0 bridgehead atoms. The first-order valence-corrected chi connectivity index (χ1v) is 19.4. The second-order valence-electron chi connectivity index (χ2n) is 14.8. The summed E-state index contributed by atoms with van der Waals surface area (Å²) < 4.78 is 0. The quantitative estimate of drug-likeness (QED) is 0.155. The van der Waals surface area contributed by atoms with Gasteiger partial charge in [0.1, 0.15) is 0 Å². The second kappa shape index (κ2) is 13.0. The Morgan fingerprint density at radius 1 is 0.321 bits per heavy atom. The fourth-order valence-electron chi connectivity index (χ4n) is 9.55. The number of hydrogen-bond acceptors (Lipinski definition) is 1. The number of hydrogen-bond donors (Lipinski definition) is 0. The molecule has 0 N–H and O–H groups in total. The van der Waals surface area contributed by atoms with Gasteiger partial charge in [-0.1, -0.05) is 194 Å². The van der Waals surface area contributed by atoms with Gasteiger partial charge in [0.05, 0.1) is 16.8 Å². The van der Waals surface area contributed by atoms with Crippen LogP contribution in [0.15, 0.2) is 224 Å². The maximum Gasteiger partial charge on any atom is 0.0714 e. The van der Waals surface area contributed by atoms with Gasteiger partial charge < -0.3 is 4.90 Å². The van der Waals surface area contributed by atoms with Crippen molar-refractivity contribution in [3.63, 3.8) is 0 Å². The largest absolute Gasteiger partial charge is 0.309 e. The minimum absolute atomic E-state index is 0.490. The van der Waals surface area contributed by atoms with E-state index < -0.39 is 5.41 Å². The minimum Gasteiger partial charge on any atom is -0.309 e. The lowest BCUT2D eigenvalue weighted by Gasteiger charge is -2.34. The van der Waals surface area contributed by atoms with E-state index in [1.54, 1.807) is 0 Å². The van der Waals surface area contributed by atoms with Crippen LogP contribution in [-0.4, -0.2) is 0 Å². The van der Waals surface area contributed by atoms with Crippen LogP contribution in [0.25, 0.3) is 54.6 Å². The first-order valence-electron chi connectivity index (χ1n) is 19.4. The van der Waals surface area contributed by atoms with Crippen LogP contribution in [-0.2, 0) is 5.41 Å². The SMILES string of the molecule is c1ccc(C2(c3ccccc3)c3ccccc3-c3c(N(c4ccc(-c5cc6ccccc6c6ccccc56)cc4)c4cccc5ccccc45)cccc32)cc1. The molecule has 0 aliphatic heterocycles. The van der Waals surface area contributed by atoms with E-state index in [4.69, 9.17) is 0 Å². The average molecular weight is 712 g/mol. The summed E-state index contributed by atoms with van der Waals surface area (Å²) in [5.41, 5.74) is 13.0. The molecule has 0 fully saturated rings. The number of anilines is 3. The summed E-state index contributed by atoms with van der Waals surface area (Å²) >= 11 is 0. The van der Waals surface area contributed by atoms with Crippen LogP contribution in [0.5, 0.6) is 0 Å². The third kappa shape index (κ3) is 4.81. The van der Waals surface area contributed by atoms with Crippen molar-refractivity contribution < 1.29 is 0 Å². The molecule has 0 radical (unpaired) electrons. The Kier molecular flexibility index (Phi) is 7.47. The topological polar surface area (TPSA) is 3.24 Å². The molecule has 11 rings (SSSR count). The Balaban J connectivity index is 1.18. The van der Waals surface area contributed by atoms with E-state index in [-0.39, 0.29) is 0 Å². The number of fused-ring (bicyclic) bond motifs is 7. The van der Waals surface area contributed by atoms with Crippen LogP contribution < -0.4 is 4.90 Å². The summed E-state index contributed by atoms with van der Waals surface area (Å²) in [5, 5.41) is 7.50. The van der Waals surface area contributed by atoms with Crippen molar-refractivity contribution in [2.45, 2.75) is 5.41 Å². The molecule has 1 nitrogen and oxygen atoms in total. The minimum atomic E-state index is -0.490. The van der Waals surface area contributed by atoms with Crippen molar-refractivity contribution >= 4 is 49.4 Å². The van der Waals surface area contributed by atoms with Crippen LogP contribution in [0, 0.1) is 0 Å². The molecule has 0 unspecified atom stereocenters. The maximum atomic E-state index is 2.49. The van der Waals surface area contributed by atoms with E-state index >= 15 is 0 Å². The fraction of sp³-hybridized carbons (Fsp3) is 0.0182. The van der Waals surface area contributed by atoms with E-state index in [9.17, 15) is 0 Å². The third-order valence-electron chi connectivity index (χ3n) is 11.9. The van der Waals surface area contributed by atoms with Gasteiger partial charge in [0, 0.05) is 16.6 Å². The predicted molar refractivity (Wildman–Crippen MR) is 236 cm³/mol. The zero-order valence-corrected chi connectivity index (χ0v) is 30.8. The molecule has 1 aliphatic rings. The highest BCUT2D eigenvalue weighted by Crippen LogP contribution is 2.59. The van der Waals surface area contributed by atoms with Crippen LogP contribution >= 0.6 is 0 Å². The molecule has 0 atom stereocenters. The molecule has 0 saturated heterocycles. The summed E-state index contributed by atoms with van der Waals surface area (Å²) in [6, 6.07) is 82.6. The monoisotopic (exact) mass is 711 g/mol. The summed E-state index contributed by atoms with van der Waals surface area (Å²) in [7, 11) is 0. The van der Waals surface area contributed by atoms with Crippen molar-refractivity contribution in [1.82, 2.24) is 0 Å². The number of benzene rings is 10. The molecule has 10 aromatic carbocycles. The smallest absolute Gasteiger partial charge is 0.0714 e.